The third-order valence-corrected chi connectivity index (χ3v) is 2.76. The molecule has 1 N–H and O–H groups in total. The largest absolute Gasteiger partial charge is 0.381 e. The number of nitro groups is 2. The molecule has 0 unspecified atom stereocenters. The monoisotopic (exact) mass is 291 g/mol. The summed E-state index contributed by atoms with van der Waals surface area (Å²) in [6.07, 6.45) is 0. The number of anilines is 1. The van der Waals surface area contributed by atoms with Crippen LogP contribution in [-0.2, 0) is 6.54 Å². The quantitative estimate of drug-likeness (QED) is 0.673. The molecule has 0 saturated carbocycles. The van der Waals surface area contributed by atoms with Crippen molar-refractivity contribution in [1.82, 2.24) is 0 Å². The molecule has 2 aromatic rings. The molecule has 2 rings (SSSR count). The van der Waals surface area contributed by atoms with Gasteiger partial charge in [-0.2, -0.15) is 4.39 Å². The second-order valence-electron chi connectivity index (χ2n) is 4.20. The first kappa shape index (κ1) is 14.4. The lowest BCUT2D eigenvalue weighted by Crippen LogP contribution is -2.01. The van der Waals surface area contributed by atoms with Crippen LogP contribution in [0.5, 0.6) is 0 Å². The number of benzene rings is 2. The first-order valence-electron chi connectivity index (χ1n) is 5.88. The second kappa shape index (κ2) is 5.95. The van der Waals surface area contributed by atoms with Gasteiger partial charge in [0.05, 0.1) is 9.85 Å². The van der Waals surface area contributed by atoms with Crippen LogP contribution in [0.15, 0.2) is 42.5 Å². The summed E-state index contributed by atoms with van der Waals surface area (Å²) in [5.74, 6) is -0.916. The Hall–Kier alpha value is -3.03. The Kier molecular flexibility index (Phi) is 4.07. The van der Waals surface area contributed by atoms with Crippen molar-refractivity contribution in [3.63, 3.8) is 0 Å². The van der Waals surface area contributed by atoms with Gasteiger partial charge in [0.2, 0.25) is 5.82 Å². The zero-order chi connectivity index (χ0) is 15.4. The van der Waals surface area contributed by atoms with E-state index in [2.05, 4.69) is 5.32 Å². The molecule has 0 heterocycles. The maximum Gasteiger partial charge on any atom is 0.306 e. The Morgan fingerprint density at radius 3 is 2.48 bits per heavy atom. The fourth-order valence-electron chi connectivity index (χ4n) is 1.75. The molecule has 8 heteroatoms. The van der Waals surface area contributed by atoms with Gasteiger partial charge in [0, 0.05) is 30.4 Å². The average molecular weight is 291 g/mol. The van der Waals surface area contributed by atoms with Crippen molar-refractivity contribution in [2.24, 2.45) is 0 Å². The van der Waals surface area contributed by atoms with Crippen LogP contribution in [0.2, 0.25) is 0 Å². The summed E-state index contributed by atoms with van der Waals surface area (Å²) in [5, 5.41) is 24.1. The van der Waals surface area contributed by atoms with Gasteiger partial charge < -0.3 is 5.32 Å². The highest BCUT2D eigenvalue weighted by molar-refractivity contribution is 5.52. The molecule has 2 aromatic carbocycles. The SMILES string of the molecule is O=[N+]([O-])c1cccc(CNc2ccc(F)c([N+](=O)[O-])c2)c1. The molecule has 0 amide bonds. The average Bonchev–Trinajstić information content (AvgIpc) is 2.46. The maximum atomic E-state index is 13.2. The van der Waals surface area contributed by atoms with Gasteiger partial charge in [-0.25, -0.2) is 0 Å². The van der Waals surface area contributed by atoms with Crippen LogP contribution < -0.4 is 5.32 Å². The number of non-ortho nitro benzene ring substituents is 1. The van der Waals surface area contributed by atoms with Gasteiger partial charge in [0.25, 0.3) is 5.69 Å². The van der Waals surface area contributed by atoms with Gasteiger partial charge in [0.15, 0.2) is 0 Å². The topological polar surface area (TPSA) is 98.3 Å². The minimum Gasteiger partial charge on any atom is -0.381 e. The molecule has 21 heavy (non-hydrogen) atoms. The standard InChI is InChI=1S/C13H10FN3O4/c14-12-5-4-10(7-13(12)17(20)21)15-8-9-2-1-3-11(6-9)16(18)19/h1-7,15H,8H2. The lowest BCUT2D eigenvalue weighted by Gasteiger charge is -2.06. The van der Waals surface area contributed by atoms with Crippen LogP contribution in [-0.4, -0.2) is 9.85 Å². The van der Waals surface area contributed by atoms with E-state index in [9.17, 15) is 24.6 Å². The number of hydrogen-bond acceptors (Lipinski definition) is 5. The van der Waals surface area contributed by atoms with Crippen LogP contribution in [0.3, 0.4) is 0 Å². The summed E-state index contributed by atoms with van der Waals surface area (Å²) in [7, 11) is 0. The number of nitrogens with one attached hydrogen (secondary N) is 1. The third kappa shape index (κ3) is 3.50. The van der Waals surface area contributed by atoms with Crippen molar-refractivity contribution in [3.05, 3.63) is 74.1 Å². The highest BCUT2D eigenvalue weighted by atomic mass is 19.1. The van der Waals surface area contributed by atoms with E-state index in [0.29, 0.717) is 11.3 Å². The lowest BCUT2D eigenvalue weighted by atomic mass is 10.2. The highest BCUT2D eigenvalue weighted by Crippen LogP contribution is 2.22. The number of rotatable bonds is 5. The molecule has 0 aliphatic rings. The van der Waals surface area contributed by atoms with Crippen LogP contribution in [0.1, 0.15) is 5.56 Å². The van der Waals surface area contributed by atoms with E-state index in [1.54, 1.807) is 12.1 Å². The van der Waals surface area contributed by atoms with Gasteiger partial charge in [-0.15, -0.1) is 0 Å². The molecule has 0 aliphatic carbocycles. The lowest BCUT2D eigenvalue weighted by molar-refractivity contribution is -0.387. The van der Waals surface area contributed by atoms with E-state index >= 15 is 0 Å². The Morgan fingerprint density at radius 2 is 1.81 bits per heavy atom. The molecule has 0 radical (unpaired) electrons. The van der Waals surface area contributed by atoms with Gasteiger partial charge in [0.1, 0.15) is 0 Å². The van der Waals surface area contributed by atoms with Crippen LogP contribution in [0.4, 0.5) is 21.5 Å². The zero-order valence-electron chi connectivity index (χ0n) is 10.7. The smallest absolute Gasteiger partial charge is 0.306 e. The van der Waals surface area contributed by atoms with Crippen molar-refractivity contribution in [1.29, 1.82) is 0 Å². The molecule has 0 fully saturated rings. The molecule has 7 nitrogen and oxygen atoms in total. The van der Waals surface area contributed by atoms with E-state index in [1.165, 1.54) is 18.2 Å². The summed E-state index contributed by atoms with van der Waals surface area (Å²) in [6.45, 7) is 0.227. The van der Waals surface area contributed by atoms with E-state index in [0.717, 1.165) is 12.1 Å². The minimum absolute atomic E-state index is 0.0422. The molecular formula is C13H10FN3O4. The minimum atomic E-state index is -0.916. The summed E-state index contributed by atoms with van der Waals surface area (Å²) >= 11 is 0. The Morgan fingerprint density at radius 1 is 1.05 bits per heavy atom. The van der Waals surface area contributed by atoms with E-state index in [-0.39, 0.29) is 12.2 Å². The van der Waals surface area contributed by atoms with Crippen molar-refractivity contribution in [2.75, 3.05) is 5.32 Å². The highest BCUT2D eigenvalue weighted by Gasteiger charge is 2.14. The maximum absolute atomic E-state index is 13.2. The number of nitro benzene ring substituents is 2. The summed E-state index contributed by atoms with van der Waals surface area (Å²) < 4.78 is 13.2. The van der Waals surface area contributed by atoms with E-state index in [1.807, 2.05) is 0 Å². The van der Waals surface area contributed by atoms with Gasteiger partial charge in [-0.1, -0.05) is 12.1 Å². The zero-order valence-corrected chi connectivity index (χ0v) is 10.7. The summed E-state index contributed by atoms with van der Waals surface area (Å²) in [4.78, 5) is 20.0. The molecule has 0 aliphatic heterocycles. The normalized spacial score (nSPS) is 10.1. The Bertz CT molecular complexity index is 706. The van der Waals surface area contributed by atoms with Crippen molar-refractivity contribution in [3.8, 4) is 0 Å². The first-order chi connectivity index (χ1) is 9.97. The van der Waals surface area contributed by atoms with Crippen molar-refractivity contribution < 1.29 is 14.2 Å². The summed E-state index contributed by atoms with van der Waals surface area (Å²) in [6, 6.07) is 9.41. The Labute approximate surface area is 118 Å². The molecule has 0 aromatic heterocycles. The predicted octanol–water partition coefficient (Wildman–Crippen LogP) is 3.25. The first-order valence-corrected chi connectivity index (χ1v) is 5.88. The van der Waals surface area contributed by atoms with Crippen molar-refractivity contribution in [2.45, 2.75) is 6.54 Å². The fraction of sp³-hybridized carbons (Fsp3) is 0.0769. The fourth-order valence-corrected chi connectivity index (χ4v) is 1.75. The molecule has 0 atom stereocenters. The van der Waals surface area contributed by atoms with Gasteiger partial charge in [-0.3, -0.25) is 20.2 Å². The van der Waals surface area contributed by atoms with E-state index < -0.39 is 21.4 Å². The number of hydrogen-bond donors (Lipinski definition) is 1. The number of halogens is 1. The molecule has 0 saturated heterocycles. The summed E-state index contributed by atoms with van der Waals surface area (Å²) in [5.41, 5.74) is 0.323. The molecule has 0 bridgehead atoms. The van der Waals surface area contributed by atoms with Gasteiger partial charge >= 0.3 is 5.69 Å². The van der Waals surface area contributed by atoms with Crippen LogP contribution in [0, 0.1) is 26.0 Å². The third-order valence-electron chi connectivity index (χ3n) is 2.76. The van der Waals surface area contributed by atoms with Crippen molar-refractivity contribution >= 4 is 17.1 Å². The Balaban J connectivity index is 2.13. The second-order valence-corrected chi connectivity index (χ2v) is 4.20. The molecular weight excluding hydrogens is 281 g/mol. The number of nitrogens with zero attached hydrogens (tertiary/aromatic N) is 2. The van der Waals surface area contributed by atoms with Crippen LogP contribution in [0.25, 0.3) is 0 Å². The molecule has 0 spiro atoms. The van der Waals surface area contributed by atoms with E-state index in [4.69, 9.17) is 0 Å². The molecule has 108 valence electrons. The van der Waals surface area contributed by atoms with Crippen LogP contribution >= 0.6 is 0 Å². The van der Waals surface area contributed by atoms with Gasteiger partial charge in [-0.05, 0) is 17.7 Å². The predicted molar refractivity (Wildman–Crippen MR) is 73.5 cm³/mol.